The van der Waals surface area contributed by atoms with E-state index in [-0.39, 0.29) is 11.9 Å². The van der Waals surface area contributed by atoms with Gasteiger partial charge in [-0.2, -0.15) is 0 Å². The van der Waals surface area contributed by atoms with E-state index in [9.17, 15) is 4.39 Å². The van der Waals surface area contributed by atoms with Gasteiger partial charge < -0.3 is 19.4 Å². The summed E-state index contributed by atoms with van der Waals surface area (Å²) >= 11 is 0. The normalized spacial score (nSPS) is 14.5. The maximum Gasteiger partial charge on any atom is 0.223 e. The minimum Gasteiger partial charge on any atom is -0.497 e. The lowest BCUT2D eigenvalue weighted by atomic mass is 10.1. The Morgan fingerprint density at radius 3 is 2.73 bits per heavy atom. The van der Waals surface area contributed by atoms with Gasteiger partial charge in [0.1, 0.15) is 17.4 Å². The van der Waals surface area contributed by atoms with Crippen LogP contribution in [0.15, 0.2) is 60.8 Å². The van der Waals surface area contributed by atoms with Gasteiger partial charge in [-0.05, 0) is 67.4 Å². The van der Waals surface area contributed by atoms with Crippen molar-refractivity contribution in [3.05, 3.63) is 78.0 Å². The average molecular weight is 545 g/mol. The molecule has 1 unspecified atom stereocenters. The Hall–Kier alpha value is -3.82. The van der Waals surface area contributed by atoms with Crippen LogP contribution in [0.1, 0.15) is 37.2 Å². The Morgan fingerprint density at radius 2 is 1.95 bits per heavy atom. The second-order valence-electron chi connectivity index (χ2n) is 10.1. The Kier molecular flexibility index (Phi) is 9.03. The van der Waals surface area contributed by atoms with Gasteiger partial charge in [0.15, 0.2) is 0 Å². The van der Waals surface area contributed by atoms with E-state index in [1.807, 2.05) is 18.2 Å². The Labute approximate surface area is 235 Å². The van der Waals surface area contributed by atoms with Crippen LogP contribution in [-0.4, -0.2) is 64.9 Å². The molecule has 0 saturated heterocycles. The lowest BCUT2D eigenvalue weighted by Crippen LogP contribution is -2.30. The topological polar surface area (TPSA) is 77.3 Å². The van der Waals surface area contributed by atoms with E-state index in [4.69, 9.17) is 19.4 Å². The van der Waals surface area contributed by atoms with Gasteiger partial charge in [0.2, 0.25) is 5.95 Å². The van der Waals surface area contributed by atoms with E-state index in [0.29, 0.717) is 19.1 Å². The highest BCUT2D eigenvalue weighted by Crippen LogP contribution is 2.39. The molecule has 1 aliphatic rings. The number of imidazole rings is 1. The van der Waals surface area contributed by atoms with Crippen LogP contribution in [0.25, 0.3) is 22.6 Å². The summed E-state index contributed by atoms with van der Waals surface area (Å²) in [4.78, 5) is 16.9. The predicted octanol–water partition coefficient (Wildman–Crippen LogP) is 5.61. The van der Waals surface area contributed by atoms with Crippen molar-refractivity contribution in [2.45, 2.75) is 38.8 Å². The Balaban J connectivity index is 1.51. The van der Waals surface area contributed by atoms with Crippen LogP contribution in [0.2, 0.25) is 0 Å². The van der Waals surface area contributed by atoms with Crippen LogP contribution in [0, 0.1) is 5.82 Å². The number of anilines is 1. The first-order valence-corrected chi connectivity index (χ1v) is 13.9. The van der Waals surface area contributed by atoms with E-state index < -0.39 is 0 Å². The highest BCUT2D eigenvalue weighted by molar-refractivity contribution is 5.78. The number of aryl methyl sites for hydroxylation is 1. The predicted molar refractivity (Wildman–Crippen MR) is 155 cm³/mol. The summed E-state index contributed by atoms with van der Waals surface area (Å²) in [6.45, 7) is 6.08. The highest BCUT2D eigenvalue weighted by Gasteiger charge is 2.32. The minimum atomic E-state index is -0.269. The van der Waals surface area contributed by atoms with Crippen molar-refractivity contribution in [1.29, 1.82) is 0 Å². The van der Waals surface area contributed by atoms with Crippen LogP contribution in [0.3, 0.4) is 0 Å². The standard InChI is InChI=1S/C31H37FN6O2/c1-4-17-37(20-22-6-5-7-26(19-22)40-3)21-25-12-13-28-36-29(23-8-10-24(32)11-9-23)30(38(25)28)27-14-15-33-31(35-27)34-16-18-39-2/h5-11,14-15,19,25H,4,12-13,16-18,20-21H2,1-3H3,(H,33,34,35). The third-order valence-corrected chi connectivity index (χ3v) is 7.20. The maximum absolute atomic E-state index is 13.8. The number of fused-ring (bicyclic) bond motifs is 1. The van der Waals surface area contributed by atoms with Gasteiger partial charge in [0, 0.05) is 51.0 Å². The van der Waals surface area contributed by atoms with E-state index in [2.05, 4.69) is 38.8 Å². The molecule has 0 saturated carbocycles. The first-order valence-electron chi connectivity index (χ1n) is 13.9. The van der Waals surface area contributed by atoms with E-state index in [0.717, 1.165) is 73.1 Å². The molecule has 0 aliphatic carbocycles. The molecule has 2 aromatic carbocycles. The Bertz CT molecular complexity index is 1410. The minimum absolute atomic E-state index is 0.226. The second kappa shape index (κ2) is 13.0. The molecule has 1 aliphatic heterocycles. The second-order valence-corrected chi connectivity index (χ2v) is 10.1. The number of halogens is 1. The van der Waals surface area contributed by atoms with Gasteiger partial charge in [0.25, 0.3) is 0 Å². The zero-order chi connectivity index (χ0) is 27.9. The van der Waals surface area contributed by atoms with Crippen LogP contribution in [-0.2, 0) is 17.7 Å². The van der Waals surface area contributed by atoms with Gasteiger partial charge in [-0.1, -0.05) is 19.1 Å². The number of methoxy groups -OCH3 is 2. The molecule has 3 heterocycles. The van der Waals surface area contributed by atoms with Crippen LogP contribution >= 0.6 is 0 Å². The monoisotopic (exact) mass is 544 g/mol. The Morgan fingerprint density at radius 1 is 1.10 bits per heavy atom. The van der Waals surface area contributed by atoms with E-state index in [1.54, 1.807) is 32.5 Å². The summed E-state index contributed by atoms with van der Waals surface area (Å²) in [6, 6.07) is 17.0. The van der Waals surface area contributed by atoms with Crippen LogP contribution in [0.4, 0.5) is 10.3 Å². The summed E-state index contributed by atoms with van der Waals surface area (Å²) < 4.78 is 26.8. The number of benzene rings is 2. The van der Waals surface area contributed by atoms with E-state index >= 15 is 0 Å². The molecule has 0 spiro atoms. The van der Waals surface area contributed by atoms with Crippen molar-refractivity contribution in [3.63, 3.8) is 0 Å². The first-order chi connectivity index (χ1) is 19.6. The number of hydrogen-bond acceptors (Lipinski definition) is 7. The SMILES string of the molecule is CCCN(Cc1cccc(OC)c1)CC1CCc2nc(-c3ccc(F)cc3)c(-c3ccnc(NCCOC)n3)n21. The molecular formula is C31H37FN6O2. The number of rotatable bonds is 13. The number of ether oxygens (including phenoxy) is 2. The third-order valence-electron chi connectivity index (χ3n) is 7.20. The van der Waals surface area contributed by atoms with Gasteiger partial charge in [0.05, 0.1) is 30.8 Å². The van der Waals surface area contributed by atoms with Gasteiger partial charge in [-0.15, -0.1) is 0 Å². The van der Waals surface area contributed by atoms with Crippen molar-refractivity contribution in [3.8, 4) is 28.4 Å². The molecular weight excluding hydrogens is 507 g/mol. The quantitative estimate of drug-likeness (QED) is 0.219. The average Bonchev–Trinajstić information content (AvgIpc) is 3.54. The van der Waals surface area contributed by atoms with E-state index in [1.165, 1.54) is 17.7 Å². The largest absolute Gasteiger partial charge is 0.497 e. The fourth-order valence-electron chi connectivity index (χ4n) is 5.42. The maximum atomic E-state index is 13.8. The summed E-state index contributed by atoms with van der Waals surface area (Å²) in [5.74, 6) is 2.17. The fourth-order valence-corrected chi connectivity index (χ4v) is 5.42. The van der Waals surface area contributed by atoms with Crippen molar-refractivity contribution >= 4 is 5.95 Å². The summed E-state index contributed by atoms with van der Waals surface area (Å²) in [5, 5.41) is 3.23. The molecule has 1 atom stereocenters. The van der Waals surface area contributed by atoms with Crippen molar-refractivity contribution < 1.29 is 13.9 Å². The molecule has 210 valence electrons. The molecule has 1 N–H and O–H groups in total. The van der Waals surface area contributed by atoms with Crippen LogP contribution in [0.5, 0.6) is 5.75 Å². The summed E-state index contributed by atoms with van der Waals surface area (Å²) in [5.41, 5.74) is 4.64. The number of hydrogen-bond donors (Lipinski definition) is 1. The molecule has 0 bridgehead atoms. The van der Waals surface area contributed by atoms with Gasteiger partial charge in [-0.25, -0.2) is 19.3 Å². The zero-order valence-electron chi connectivity index (χ0n) is 23.4. The summed E-state index contributed by atoms with van der Waals surface area (Å²) in [7, 11) is 3.37. The van der Waals surface area contributed by atoms with Crippen LogP contribution < -0.4 is 10.1 Å². The first kappa shape index (κ1) is 27.7. The van der Waals surface area contributed by atoms with Crippen molar-refractivity contribution in [2.24, 2.45) is 0 Å². The molecule has 0 amide bonds. The van der Waals surface area contributed by atoms with Crippen molar-refractivity contribution in [2.75, 3.05) is 45.8 Å². The number of nitrogens with zero attached hydrogens (tertiary/aromatic N) is 5. The molecule has 9 heteroatoms. The molecule has 8 nitrogen and oxygen atoms in total. The third kappa shape index (κ3) is 6.32. The molecule has 0 radical (unpaired) electrons. The highest BCUT2D eigenvalue weighted by atomic mass is 19.1. The number of nitrogens with one attached hydrogen (secondary N) is 1. The molecule has 5 rings (SSSR count). The smallest absolute Gasteiger partial charge is 0.223 e. The van der Waals surface area contributed by atoms with Gasteiger partial charge in [-0.3, -0.25) is 4.90 Å². The molecule has 4 aromatic rings. The molecule has 40 heavy (non-hydrogen) atoms. The van der Waals surface area contributed by atoms with Gasteiger partial charge >= 0.3 is 0 Å². The lowest BCUT2D eigenvalue weighted by Gasteiger charge is -2.27. The lowest BCUT2D eigenvalue weighted by molar-refractivity contribution is 0.210. The van der Waals surface area contributed by atoms with Crippen molar-refractivity contribution in [1.82, 2.24) is 24.4 Å². The molecule has 2 aromatic heterocycles. The number of aromatic nitrogens is 4. The fraction of sp³-hybridized carbons (Fsp3) is 0.387. The molecule has 0 fully saturated rings. The summed E-state index contributed by atoms with van der Waals surface area (Å²) in [6.07, 6.45) is 4.70. The zero-order valence-corrected chi connectivity index (χ0v) is 23.4.